The number of hydrogen-bond acceptors (Lipinski definition) is 8. The molecule has 1 unspecified atom stereocenters. The van der Waals surface area contributed by atoms with Crippen molar-refractivity contribution >= 4 is 46.6 Å². The third-order valence-electron chi connectivity index (χ3n) is 5.97. The van der Waals surface area contributed by atoms with Gasteiger partial charge in [-0.1, -0.05) is 84.1 Å². The van der Waals surface area contributed by atoms with Crippen molar-refractivity contribution in [2.24, 2.45) is 0 Å². The van der Waals surface area contributed by atoms with Gasteiger partial charge in [0.25, 0.3) is 5.91 Å². The van der Waals surface area contributed by atoms with Gasteiger partial charge in [-0.2, -0.15) is 0 Å². The first-order valence-corrected chi connectivity index (χ1v) is 14.7. The summed E-state index contributed by atoms with van der Waals surface area (Å²) in [5.41, 5.74) is 1.58. The van der Waals surface area contributed by atoms with Crippen molar-refractivity contribution in [2.75, 3.05) is 5.32 Å². The highest BCUT2D eigenvalue weighted by Crippen LogP contribution is 2.20. The first-order chi connectivity index (χ1) is 20.6. The van der Waals surface area contributed by atoms with Crippen LogP contribution in [0.5, 0.6) is 5.75 Å². The lowest BCUT2D eigenvalue weighted by molar-refractivity contribution is -0.128. The van der Waals surface area contributed by atoms with Crippen molar-refractivity contribution < 1.29 is 23.9 Å². The average molecular weight is 620 g/mol. The Labute approximate surface area is 258 Å². The molecule has 224 valence electrons. The predicted molar refractivity (Wildman–Crippen MR) is 167 cm³/mol. The minimum absolute atomic E-state index is 0.133. The van der Waals surface area contributed by atoms with Crippen LogP contribution in [0.1, 0.15) is 43.5 Å². The standard InChI is InChI=1S/C31H33N5O5S2/c1-31(2,3)41-29(39)32-24(18-20-14-16-23(17-15-20)40-19-21-10-6-4-7-11-21)26(37)33-25(22-12-8-5-9-13-22)27(38)34-28-35-36-30(42)43-28/h4-17,24-25H,18-19H2,1-3H3,(H,32,39)(H,33,37)(H,36,42)(H,34,35,38)/t24-,25?/m0/s1. The van der Waals surface area contributed by atoms with Gasteiger partial charge in [0, 0.05) is 6.42 Å². The fraction of sp³-hybridized carbons (Fsp3) is 0.258. The summed E-state index contributed by atoms with van der Waals surface area (Å²) in [6.45, 7) is 5.61. The van der Waals surface area contributed by atoms with Crippen LogP contribution in [0.3, 0.4) is 0 Å². The Kier molecular flexibility index (Phi) is 10.6. The number of amides is 3. The molecule has 1 aromatic heterocycles. The molecule has 0 aliphatic heterocycles. The molecule has 0 aliphatic carbocycles. The van der Waals surface area contributed by atoms with Crippen LogP contribution in [0, 0.1) is 3.95 Å². The molecule has 0 saturated carbocycles. The van der Waals surface area contributed by atoms with E-state index in [9.17, 15) is 14.4 Å². The normalized spacial score (nSPS) is 12.4. The van der Waals surface area contributed by atoms with Crippen LogP contribution >= 0.6 is 23.6 Å². The Morgan fingerprint density at radius 2 is 1.53 bits per heavy atom. The Balaban J connectivity index is 1.51. The average Bonchev–Trinajstić information content (AvgIpc) is 3.39. The van der Waals surface area contributed by atoms with Crippen LogP contribution in [0.25, 0.3) is 0 Å². The second-order valence-electron chi connectivity index (χ2n) is 10.6. The van der Waals surface area contributed by atoms with E-state index in [1.54, 1.807) is 63.2 Å². The molecule has 3 amide bonds. The second kappa shape index (κ2) is 14.6. The summed E-state index contributed by atoms with van der Waals surface area (Å²) >= 11 is 6.15. The van der Waals surface area contributed by atoms with Crippen molar-refractivity contribution in [3.05, 3.63) is 106 Å². The molecular weight excluding hydrogens is 587 g/mol. The van der Waals surface area contributed by atoms with Crippen LogP contribution in [-0.4, -0.2) is 39.7 Å². The molecule has 0 saturated heterocycles. The molecular formula is C31H33N5O5S2. The zero-order valence-electron chi connectivity index (χ0n) is 24.0. The highest BCUT2D eigenvalue weighted by Gasteiger charge is 2.30. The number of ether oxygens (including phenoxy) is 2. The molecule has 0 aliphatic rings. The lowest BCUT2D eigenvalue weighted by Gasteiger charge is -2.25. The van der Waals surface area contributed by atoms with Crippen molar-refractivity contribution in [3.63, 3.8) is 0 Å². The number of H-pyrrole nitrogens is 1. The Hall–Kier alpha value is -4.55. The van der Waals surface area contributed by atoms with E-state index in [-0.39, 0.29) is 11.6 Å². The van der Waals surface area contributed by atoms with E-state index in [1.165, 1.54) is 0 Å². The van der Waals surface area contributed by atoms with E-state index >= 15 is 0 Å². The van der Waals surface area contributed by atoms with Gasteiger partial charge in [-0.25, -0.2) is 4.79 Å². The summed E-state index contributed by atoms with van der Waals surface area (Å²) in [7, 11) is 0. The van der Waals surface area contributed by atoms with Gasteiger partial charge in [-0.15, -0.1) is 5.10 Å². The van der Waals surface area contributed by atoms with Crippen LogP contribution in [0.4, 0.5) is 9.93 Å². The van der Waals surface area contributed by atoms with Gasteiger partial charge in [0.15, 0.2) is 3.95 Å². The van der Waals surface area contributed by atoms with Gasteiger partial charge in [-0.3, -0.25) is 20.0 Å². The molecule has 3 aromatic carbocycles. The number of carbonyl (C=O) groups is 3. The summed E-state index contributed by atoms with van der Waals surface area (Å²) in [6, 6.07) is 23.7. The van der Waals surface area contributed by atoms with Crippen LogP contribution in [-0.2, 0) is 27.4 Å². The number of rotatable bonds is 11. The highest BCUT2D eigenvalue weighted by molar-refractivity contribution is 7.73. The number of alkyl carbamates (subject to hydrolysis) is 1. The number of aromatic amines is 1. The lowest BCUT2D eigenvalue weighted by atomic mass is 10.0. The van der Waals surface area contributed by atoms with Crippen LogP contribution in [0.2, 0.25) is 0 Å². The number of aromatic nitrogens is 2. The molecule has 0 radical (unpaired) electrons. The molecule has 0 fully saturated rings. The Bertz CT molecular complexity index is 1570. The molecule has 2 atom stereocenters. The second-order valence-corrected chi connectivity index (χ2v) is 12.2. The summed E-state index contributed by atoms with van der Waals surface area (Å²) in [6.07, 6.45) is -0.624. The minimum Gasteiger partial charge on any atom is -0.489 e. The molecule has 10 nitrogen and oxygen atoms in total. The van der Waals surface area contributed by atoms with Gasteiger partial charge < -0.3 is 20.1 Å². The van der Waals surface area contributed by atoms with Gasteiger partial charge in [0.1, 0.15) is 30.0 Å². The van der Waals surface area contributed by atoms with Crippen molar-refractivity contribution in [1.29, 1.82) is 0 Å². The van der Waals surface area contributed by atoms with E-state index in [0.29, 0.717) is 21.9 Å². The minimum atomic E-state index is -1.08. The maximum Gasteiger partial charge on any atom is 0.408 e. The number of benzene rings is 3. The number of nitrogens with zero attached hydrogens (tertiary/aromatic N) is 1. The molecule has 4 rings (SSSR count). The quantitative estimate of drug-likeness (QED) is 0.158. The largest absolute Gasteiger partial charge is 0.489 e. The van der Waals surface area contributed by atoms with Crippen LogP contribution in [0.15, 0.2) is 84.9 Å². The van der Waals surface area contributed by atoms with Crippen molar-refractivity contribution in [3.8, 4) is 5.75 Å². The van der Waals surface area contributed by atoms with E-state index in [1.807, 2.05) is 42.5 Å². The third kappa shape index (κ3) is 10.0. The molecule has 4 aromatic rings. The summed E-state index contributed by atoms with van der Waals surface area (Å²) in [5, 5.41) is 15.0. The van der Waals surface area contributed by atoms with E-state index in [2.05, 4.69) is 26.1 Å². The Morgan fingerprint density at radius 1 is 0.884 bits per heavy atom. The lowest BCUT2D eigenvalue weighted by Crippen LogP contribution is -2.51. The maximum absolute atomic E-state index is 13.7. The van der Waals surface area contributed by atoms with Gasteiger partial charge in [-0.05, 0) is 61.8 Å². The molecule has 0 bridgehead atoms. The Morgan fingerprint density at radius 3 is 2.14 bits per heavy atom. The third-order valence-corrected chi connectivity index (χ3v) is 6.97. The summed E-state index contributed by atoms with van der Waals surface area (Å²) in [5.74, 6) is -0.432. The van der Waals surface area contributed by atoms with Gasteiger partial charge >= 0.3 is 6.09 Å². The number of anilines is 1. The van der Waals surface area contributed by atoms with E-state index in [0.717, 1.165) is 22.5 Å². The molecule has 12 heteroatoms. The topological polar surface area (TPSA) is 134 Å². The molecule has 43 heavy (non-hydrogen) atoms. The van der Waals surface area contributed by atoms with Crippen LogP contribution < -0.4 is 20.7 Å². The van der Waals surface area contributed by atoms with Crippen molar-refractivity contribution in [2.45, 2.75) is 51.5 Å². The SMILES string of the molecule is CC(C)(C)OC(=O)N[C@@H](Cc1ccc(OCc2ccccc2)cc1)C(=O)NC(C(=O)Nc1n[nH]c(=S)s1)c1ccccc1. The fourth-order valence-electron chi connectivity index (χ4n) is 4.01. The summed E-state index contributed by atoms with van der Waals surface area (Å²) in [4.78, 5) is 39.8. The summed E-state index contributed by atoms with van der Waals surface area (Å²) < 4.78 is 11.7. The van der Waals surface area contributed by atoms with Gasteiger partial charge in [0.2, 0.25) is 11.0 Å². The number of nitrogens with one attached hydrogen (secondary N) is 4. The monoisotopic (exact) mass is 619 g/mol. The smallest absolute Gasteiger partial charge is 0.408 e. The van der Waals surface area contributed by atoms with E-state index < -0.39 is 35.6 Å². The predicted octanol–water partition coefficient (Wildman–Crippen LogP) is 5.71. The maximum atomic E-state index is 13.7. The molecule has 4 N–H and O–H groups in total. The fourth-order valence-corrected chi connectivity index (χ4v) is 4.80. The van der Waals surface area contributed by atoms with Crippen molar-refractivity contribution in [1.82, 2.24) is 20.8 Å². The zero-order valence-corrected chi connectivity index (χ0v) is 25.6. The molecule has 1 heterocycles. The molecule has 0 spiro atoms. The zero-order chi connectivity index (χ0) is 30.8. The highest BCUT2D eigenvalue weighted by atomic mass is 32.1. The number of carbonyl (C=O) groups excluding carboxylic acids is 3. The number of hydrogen-bond donors (Lipinski definition) is 4. The van der Waals surface area contributed by atoms with Gasteiger partial charge in [0.05, 0.1) is 0 Å². The van der Waals surface area contributed by atoms with E-state index in [4.69, 9.17) is 21.7 Å². The first kappa shape index (κ1) is 31.4. The first-order valence-electron chi connectivity index (χ1n) is 13.5.